The summed E-state index contributed by atoms with van der Waals surface area (Å²) in [6.45, 7) is 2.70. The van der Waals surface area contributed by atoms with Gasteiger partial charge in [-0.3, -0.25) is 14.9 Å². The molecule has 10 rings (SSSR count). The number of rotatable bonds is 19. The first-order valence-corrected chi connectivity index (χ1v) is 24.5. The van der Waals surface area contributed by atoms with Gasteiger partial charge in [0.15, 0.2) is 0 Å². The highest BCUT2D eigenvalue weighted by atomic mass is 16.5. The number of methoxy groups -OCH3 is 1. The van der Waals surface area contributed by atoms with Crippen LogP contribution in [-0.4, -0.2) is 111 Å². The van der Waals surface area contributed by atoms with Gasteiger partial charge in [0.2, 0.25) is 11.8 Å². The molecule has 0 aliphatic carbocycles. The van der Waals surface area contributed by atoms with Crippen LogP contribution < -0.4 is 10.6 Å². The third-order valence-corrected chi connectivity index (χ3v) is 13.6. The quantitative estimate of drug-likeness (QED) is 0.0501. The maximum absolute atomic E-state index is 14.2. The number of nitrogens with zero attached hydrogens (tertiary/aromatic N) is 8. The van der Waals surface area contributed by atoms with Gasteiger partial charge in [-0.1, -0.05) is 109 Å². The van der Waals surface area contributed by atoms with Crippen LogP contribution in [0.2, 0.25) is 0 Å². The highest BCUT2D eigenvalue weighted by Gasteiger charge is 2.38. The Hall–Kier alpha value is -8.15. The highest BCUT2D eigenvalue weighted by molar-refractivity contribution is 5.86. The SMILES string of the molecule is COCN[C@@H](Cc1cn(Cc2ccccc2)cn1)C(=O)N1CCCC1c1ncc(-c2ccc(-c3ccc(-c4cnc([C@@H]5CCCN5C(=O)[C@H](Cc5cn(Cc6ccccc6)cn5)NC(=O)O)[nH]4)cc3)cc2)[nH]1. The van der Waals surface area contributed by atoms with Crippen LogP contribution in [0.5, 0.6) is 0 Å². The molecular formula is C55H58N12O5. The number of hydrogen-bond acceptors (Lipinski definition) is 9. The van der Waals surface area contributed by atoms with Crippen LogP contribution in [0.3, 0.4) is 0 Å². The van der Waals surface area contributed by atoms with E-state index in [0.29, 0.717) is 50.5 Å². The van der Waals surface area contributed by atoms with Crippen molar-refractivity contribution < 1.29 is 24.2 Å². The molecule has 17 heteroatoms. The maximum atomic E-state index is 14.2. The predicted octanol–water partition coefficient (Wildman–Crippen LogP) is 7.63. The molecule has 2 saturated heterocycles. The second kappa shape index (κ2) is 21.9. The second-order valence-corrected chi connectivity index (χ2v) is 18.5. The van der Waals surface area contributed by atoms with E-state index in [4.69, 9.17) is 14.7 Å². The van der Waals surface area contributed by atoms with E-state index in [0.717, 1.165) is 70.0 Å². The Balaban J connectivity index is 0.759. The van der Waals surface area contributed by atoms with Crippen molar-refractivity contribution in [3.05, 3.63) is 181 Å². The number of carbonyl (C=O) groups excluding carboxylic acids is 2. The summed E-state index contributed by atoms with van der Waals surface area (Å²) in [5, 5.41) is 15.5. The summed E-state index contributed by atoms with van der Waals surface area (Å²) in [7, 11) is 1.61. The van der Waals surface area contributed by atoms with Crippen LogP contribution in [-0.2, 0) is 40.3 Å². The molecule has 1 unspecified atom stereocenters. The number of ether oxygens (including phenoxy) is 1. The number of likely N-dealkylation sites (tertiary alicyclic amines) is 2. The lowest BCUT2D eigenvalue weighted by atomic mass is 10.0. The van der Waals surface area contributed by atoms with Crippen LogP contribution in [0.1, 0.15) is 71.9 Å². The molecule has 17 nitrogen and oxygen atoms in total. The largest absolute Gasteiger partial charge is 0.465 e. The van der Waals surface area contributed by atoms with Crippen LogP contribution in [0.25, 0.3) is 33.6 Å². The number of benzene rings is 4. The fourth-order valence-corrected chi connectivity index (χ4v) is 10.0. The molecule has 4 aromatic heterocycles. The van der Waals surface area contributed by atoms with E-state index in [2.05, 4.69) is 79.1 Å². The Morgan fingerprint density at radius 3 is 1.53 bits per heavy atom. The zero-order valence-corrected chi connectivity index (χ0v) is 40.1. The van der Waals surface area contributed by atoms with E-state index in [1.807, 2.05) is 99.6 Å². The van der Waals surface area contributed by atoms with E-state index in [9.17, 15) is 19.5 Å². The molecule has 4 aromatic carbocycles. The van der Waals surface area contributed by atoms with Gasteiger partial charge >= 0.3 is 6.09 Å². The first kappa shape index (κ1) is 47.5. The maximum Gasteiger partial charge on any atom is 0.405 e. The average molecular weight is 967 g/mol. The molecule has 2 fully saturated rings. The smallest absolute Gasteiger partial charge is 0.405 e. The number of aromatic nitrogens is 8. The standard InChI is InChI=1S/C55H58N12O5/c1-72-36-60-45(26-43-32-64(34-58-43)30-37-10-4-2-5-11-37)53(68)66-24-8-14-49(66)51-56-28-47(61-51)41-20-16-39(17-21-41)40-18-22-42(23-19-40)48-29-57-52(62-48)50-15-9-25-67(50)54(69)46(63-55(70)71)27-44-33-65(35-59-44)31-38-12-6-3-7-13-38/h2-7,10-13,16-23,28-29,32-35,45-46,49-50,60,63H,8-9,14-15,24-27,30-31,36H2,1H3,(H,56,61)(H,57,62)(H,70,71)/t45-,46-,49?,50-/m0/s1. The first-order chi connectivity index (χ1) is 35.2. The van der Waals surface area contributed by atoms with Gasteiger partial charge in [0.05, 0.1) is 72.7 Å². The number of imidazole rings is 4. The molecule has 0 bridgehead atoms. The third-order valence-electron chi connectivity index (χ3n) is 13.6. The van der Waals surface area contributed by atoms with Gasteiger partial charge in [-0.05, 0) is 59.1 Å². The van der Waals surface area contributed by atoms with Crippen molar-refractivity contribution in [2.75, 3.05) is 26.9 Å². The Morgan fingerprint density at radius 1 is 0.625 bits per heavy atom. The summed E-state index contributed by atoms with van der Waals surface area (Å²) in [5.41, 5.74) is 9.47. The van der Waals surface area contributed by atoms with Gasteiger partial charge in [-0.25, -0.2) is 24.7 Å². The zero-order chi connectivity index (χ0) is 49.4. The van der Waals surface area contributed by atoms with Crippen molar-refractivity contribution in [2.45, 2.75) is 75.8 Å². The van der Waals surface area contributed by atoms with Crippen LogP contribution in [0.15, 0.2) is 147 Å². The zero-order valence-electron chi connectivity index (χ0n) is 40.1. The fourth-order valence-electron chi connectivity index (χ4n) is 10.0. The number of aromatic amines is 2. The minimum absolute atomic E-state index is 0.00211. The molecule has 8 aromatic rings. The van der Waals surface area contributed by atoms with Gasteiger partial charge in [0.25, 0.3) is 0 Å². The minimum atomic E-state index is -1.26. The summed E-state index contributed by atoms with van der Waals surface area (Å²) in [6.07, 6.45) is 13.5. The molecule has 0 radical (unpaired) electrons. The van der Waals surface area contributed by atoms with Crippen molar-refractivity contribution in [1.29, 1.82) is 0 Å². The van der Waals surface area contributed by atoms with Crippen molar-refractivity contribution in [3.63, 3.8) is 0 Å². The number of nitrogens with one attached hydrogen (secondary N) is 4. The lowest BCUT2D eigenvalue weighted by molar-refractivity contribution is -0.135. The van der Waals surface area contributed by atoms with E-state index < -0.39 is 18.2 Å². The lowest BCUT2D eigenvalue weighted by Gasteiger charge is -2.28. The Labute approximate surface area is 417 Å². The predicted molar refractivity (Wildman–Crippen MR) is 271 cm³/mol. The fraction of sp³-hybridized carbons (Fsp3) is 0.291. The topological polar surface area (TPSA) is 204 Å². The van der Waals surface area contributed by atoms with Gasteiger partial charge < -0.3 is 44.1 Å². The van der Waals surface area contributed by atoms with Crippen LogP contribution in [0, 0.1) is 0 Å². The molecule has 368 valence electrons. The Morgan fingerprint density at radius 2 is 1.07 bits per heavy atom. The Bertz CT molecular complexity index is 3070. The van der Waals surface area contributed by atoms with E-state index >= 15 is 0 Å². The van der Waals surface area contributed by atoms with E-state index in [1.165, 1.54) is 5.56 Å². The number of amides is 3. The van der Waals surface area contributed by atoms with Gasteiger partial charge in [0.1, 0.15) is 17.7 Å². The monoisotopic (exact) mass is 966 g/mol. The molecule has 2 aliphatic rings. The summed E-state index contributed by atoms with van der Waals surface area (Å²) in [5.74, 6) is 1.12. The summed E-state index contributed by atoms with van der Waals surface area (Å²) < 4.78 is 9.31. The number of carbonyl (C=O) groups is 3. The summed E-state index contributed by atoms with van der Waals surface area (Å²) >= 11 is 0. The third kappa shape index (κ3) is 11.1. The van der Waals surface area contributed by atoms with Gasteiger partial charge in [-0.2, -0.15) is 0 Å². The molecule has 4 atom stereocenters. The second-order valence-electron chi connectivity index (χ2n) is 18.5. The molecule has 0 saturated carbocycles. The normalized spacial score (nSPS) is 16.5. The van der Waals surface area contributed by atoms with Crippen LogP contribution in [0.4, 0.5) is 4.79 Å². The summed E-state index contributed by atoms with van der Waals surface area (Å²) in [6, 6.07) is 34.8. The first-order valence-electron chi connectivity index (χ1n) is 24.5. The highest BCUT2D eigenvalue weighted by Crippen LogP contribution is 2.35. The number of hydrogen-bond donors (Lipinski definition) is 5. The van der Waals surface area contributed by atoms with Crippen molar-refractivity contribution in [3.8, 4) is 33.6 Å². The van der Waals surface area contributed by atoms with Gasteiger partial charge in [-0.15, -0.1) is 0 Å². The molecular weight excluding hydrogens is 909 g/mol. The molecule has 3 amide bonds. The molecule has 2 aliphatic heterocycles. The van der Waals surface area contributed by atoms with E-state index in [-0.39, 0.29) is 37.0 Å². The molecule has 5 N–H and O–H groups in total. The van der Waals surface area contributed by atoms with Crippen LogP contribution >= 0.6 is 0 Å². The van der Waals surface area contributed by atoms with Crippen molar-refractivity contribution in [1.82, 2.24) is 59.5 Å². The molecule has 72 heavy (non-hydrogen) atoms. The lowest BCUT2D eigenvalue weighted by Crippen LogP contribution is -2.49. The molecule has 0 spiro atoms. The number of H-pyrrole nitrogens is 2. The van der Waals surface area contributed by atoms with Crippen molar-refractivity contribution in [2.24, 2.45) is 0 Å². The molecule has 6 heterocycles. The van der Waals surface area contributed by atoms with Gasteiger partial charge in [0, 0.05) is 58.5 Å². The van der Waals surface area contributed by atoms with E-state index in [1.54, 1.807) is 24.5 Å². The Kier molecular flexibility index (Phi) is 14.4. The minimum Gasteiger partial charge on any atom is -0.465 e. The summed E-state index contributed by atoms with van der Waals surface area (Å²) in [4.78, 5) is 69.4. The van der Waals surface area contributed by atoms with Crippen molar-refractivity contribution >= 4 is 17.9 Å². The average Bonchev–Trinajstić information content (AvgIpc) is 4.28. The number of carboxylic acid groups (broad SMARTS) is 1.